The molecule has 0 saturated carbocycles. The number of rotatable bonds is 5. The van der Waals surface area contributed by atoms with E-state index in [9.17, 15) is 18.0 Å². The fourth-order valence-electron chi connectivity index (χ4n) is 2.37. The summed E-state index contributed by atoms with van der Waals surface area (Å²) in [4.78, 5) is 20.0. The average molecular weight is 372 g/mol. The molecule has 1 amide bonds. The highest BCUT2D eigenvalue weighted by Gasteiger charge is 2.33. The van der Waals surface area contributed by atoms with Crippen molar-refractivity contribution in [2.45, 2.75) is 12.7 Å². The molecule has 0 spiro atoms. The molecule has 0 unspecified atom stereocenters. The van der Waals surface area contributed by atoms with Gasteiger partial charge in [0.2, 0.25) is 0 Å². The SMILES string of the molecule is O=C(NCc1ccncc1)c1ccc(Nc2ccccc2C(F)(F)F)cn1. The summed E-state index contributed by atoms with van der Waals surface area (Å²) in [6.07, 6.45) is 0.0935. The second-order valence-electron chi connectivity index (χ2n) is 5.64. The molecular weight excluding hydrogens is 357 g/mol. The maximum absolute atomic E-state index is 13.0. The first-order valence-electron chi connectivity index (χ1n) is 8.00. The Balaban J connectivity index is 1.66. The van der Waals surface area contributed by atoms with E-state index in [1.165, 1.54) is 36.5 Å². The van der Waals surface area contributed by atoms with Crippen molar-refractivity contribution >= 4 is 17.3 Å². The Kier molecular flexibility index (Phi) is 5.35. The maximum Gasteiger partial charge on any atom is 0.418 e. The van der Waals surface area contributed by atoms with Gasteiger partial charge in [0.05, 0.1) is 23.1 Å². The van der Waals surface area contributed by atoms with Gasteiger partial charge in [-0.3, -0.25) is 9.78 Å². The number of aromatic nitrogens is 2. The van der Waals surface area contributed by atoms with Crippen LogP contribution in [0.25, 0.3) is 0 Å². The number of alkyl halides is 3. The minimum atomic E-state index is -4.47. The Morgan fingerprint density at radius 3 is 2.41 bits per heavy atom. The van der Waals surface area contributed by atoms with Crippen molar-refractivity contribution in [3.05, 3.63) is 83.9 Å². The van der Waals surface area contributed by atoms with E-state index in [1.807, 2.05) is 0 Å². The third kappa shape index (κ3) is 4.81. The van der Waals surface area contributed by atoms with E-state index >= 15 is 0 Å². The molecule has 0 radical (unpaired) electrons. The molecule has 138 valence electrons. The van der Waals surface area contributed by atoms with Gasteiger partial charge in [-0.25, -0.2) is 4.98 Å². The number of benzene rings is 1. The molecule has 8 heteroatoms. The zero-order valence-electron chi connectivity index (χ0n) is 14.0. The molecule has 1 aromatic carbocycles. The van der Waals surface area contributed by atoms with Gasteiger partial charge < -0.3 is 10.6 Å². The van der Waals surface area contributed by atoms with Crippen molar-refractivity contribution in [1.29, 1.82) is 0 Å². The van der Waals surface area contributed by atoms with Crippen molar-refractivity contribution in [2.24, 2.45) is 0 Å². The fraction of sp³-hybridized carbons (Fsp3) is 0.105. The molecule has 0 aliphatic carbocycles. The number of hydrogen-bond donors (Lipinski definition) is 2. The molecule has 27 heavy (non-hydrogen) atoms. The van der Waals surface area contributed by atoms with Crippen LogP contribution in [0.4, 0.5) is 24.5 Å². The van der Waals surface area contributed by atoms with E-state index in [1.54, 1.807) is 24.5 Å². The van der Waals surface area contributed by atoms with Crippen LogP contribution in [-0.2, 0) is 12.7 Å². The van der Waals surface area contributed by atoms with Crippen LogP contribution >= 0.6 is 0 Å². The van der Waals surface area contributed by atoms with Crippen LogP contribution < -0.4 is 10.6 Å². The van der Waals surface area contributed by atoms with Gasteiger partial charge >= 0.3 is 6.18 Å². The van der Waals surface area contributed by atoms with E-state index in [-0.39, 0.29) is 17.3 Å². The maximum atomic E-state index is 13.0. The first-order chi connectivity index (χ1) is 12.9. The smallest absolute Gasteiger partial charge is 0.354 e. The van der Waals surface area contributed by atoms with Gasteiger partial charge in [0.15, 0.2) is 0 Å². The first kappa shape index (κ1) is 18.4. The monoisotopic (exact) mass is 372 g/mol. The summed E-state index contributed by atoms with van der Waals surface area (Å²) in [5.41, 5.74) is 0.544. The normalized spacial score (nSPS) is 11.1. The number of nitrogens with one attached hydrogen (secondary N) is 2. The van der Waals surface area contributed by atoms with Gasteiger partial charge in [0.1, 0.15) is 5.69 Å². The third-order valence-electron chi connectivity index (χ3n) is 3.71. The molecule has 0 bridgehead atoms. The minimum Gasteiger partial charge on any atom is -0.354 e. The number of carbonyl (C=O) groups excluding carboxylic acids is 1. The molecule has 3 rings (SSSR count). The molecule has 2 aromatic heterocycles. The molecule has 0 aliphatic heterocycles. The van der Waals surface area contributed by atoms with Crippen LogP contribution in [0.2, 0.25) is 0 Å². The van der Waals surface area contributed by atoms with Crippen LogP contribution in [0.15, 0.2) is 67.1 Å². The van der Waals surface area contributed by atoms with Crippen molar-refractivity contribution in [1.82, 2.24) is 15.3 Å². The molecule has 0 atom stereocenters. The largest absolute Gasteiger partial charge is 0.418 e. The number of para-hydroxylation sites is 1. The highest BCUT2D eigenvalue weighted by molar-refractivity contribution is 5.92. The number of halogens is 3. The fourth-order valence-corrected chi connectivity index (χ4v) is 2.37. The van der Waals surface area contributed by atoms with E-state index in [0.717, 1.165) is 11.6 Å². The second-order valence-corrected chi connectivity index (χ2v) is 5.64. The summed E-state index contributed by atoms with van der Waals surface area (Å²) in [7, 11) is 0. The summed E-state index contributed by atoms with van der Waals surface area (Å²) < 4.78 is 39.1. The molecule has 2 heterocycles. The zero-order valence-corrected chi connectivity index (χ0v) is 14.0. The van der Waals surface area contributed by atoms with Gasteiger partial charge in [-0.2, -0.15) is 13.2 Å². The standard InChI is InChI=1S/C19H15F3N4O/c20-19(21,22)15-3-1-2-4-16(15)26-14-5-6-17(24-12-14)18(27)25-11-13-7-9-23-10-8-13/h1-10,12,26H,11H2,(H,25,27). The van der Waals surface area contributed by atoms with Crippen molar-refractivity contribution < 1.29 is 18.0 Å². The topological polar surface area (TPSA) is 66.9 Å². The number of amides is 1. The lowest BCUT2D eigenvalue weighted by Gasteiger charge is -2.14. The average Bonchev–Trinajstić information content (AvgIpc) is 2.67. The molecule has 2 N–H and O–H groups in total. The summed E-state index contributed by atoms with van der Waals surface area (Å²) in [5, 5.41) is 5.40. The lowest BCUT2D eigenvalue weighted by molar-refractivity contribution is -0.136. The Morgan fingerprint density at radius 2 is 1.74 bits per heavy atom. The number of carbonyl (C=O) groups is 1. The zero-order chi connectivity index (χ0) is 19.3. The lowest BCUT2D eigenvalue weighted by Crippen LogP contribution is -2.23. The van der Waals surface area contributed by atoms with Crippen LogP contribution in [0.3, 0.4) is 0 Å². The van der Waals surface area contributed by atoms with Gasteiger partial charge in [0, 0.05) is 18.9 Å². The van der Waals surface area contributed by atoms with Crippen LogP contribution in [0.1, 0.15) is 21.6 Å². The molecular formula is C19H15F3N4O. The predicted octanol–water partition coefficient (Wildman–Crippen LogP) is 4.17. The van der Waals surface area contributed by atoms with Gasteiger partial charge in [0.25, 0.3) is 5.91 Å². The van der Waals surface area contributed by atoms with Gasteiger partial charge in [-0.05, 0) is 42.0 Å². The van der Waals surface area contributed by atoms with E-state index in [4.69, 9.17) is 0 Å². The Labute approximate surface area is 153 Å². The van der Waals surface area contributed by atoms with Gasteiger partial charge in [-0.1, -0.05) is 12.1 Å². The van der Waals surface area contributed by atoms with Crippen LogP contribution in [0, 0.1) is 0 Å². The van der Waals surface area contributed by atoms with Crippen molar-refractivity contribution in [2.75, 3.05) is 5.32 Å². The Bertz CT molecular complexity index is 912. The highest BCUT2D eigenvalue weighted by atomic mass is 19.4. The Hall–Kier alpha value is -3.42. The molecule has 0 aliphatic rings. The van der Waals surface area contributed by atoms with Crippen molar-refractivity contribution in [3.8, 4) is 0 Å². The number of hydrogen-bond acceptors (Lipinski definition) is 4. The second kappa shape index (κ2) is 7.86. The summed E-state index contributed by atoms with van der Waals surface area (Å²) >= 11 is 0. The summed E-state index contributed by atoms with van der Waals surface area (Å²) in [6.45, 7) is 0.321. The molecule has 0 fully saturated rings. The summed E-state index contributed by atoms with van der Waals surface area (Å²) in [5.74, 6) is -0.381. The summed E-state index contributed by atoms with van der Waals surface area (Å²) in [6, 6.07) is 11.7. The third-order valence-corrected chi connectivity index (χ3v) is 3.71. The van der Waals surface area contributed by atoms with Gasteiger partial charge in [-0.15, -0.1) is 0 Å². The number of anilines is 2. The first-order valence-corrected chi connectivity index (χ1v) is 8.00. The van der Waals surface area contributed by atoms with E-state index < -0.39 is 11.7 Å². The Morgan fingerprint density at radius 1 is 1.00 bits per heavy atom. The van der Waals surface area contributed by atoms with E-state index in [2.05, 4.69) is 20.6 Å². The lowest BCUT2D eigenvalue weighted by atomic mass is 10.1. The quantitative estimate of drug-likeness (QED) is 0.706. The van der Waals surface area contributed by atoms with Crippen LogP contribution in [0.5, 0.6) is 0 Å². The van der Waals surface area contributed by atoms with Crippen LogP contribution in [-0.4, -0.2) is 15.9 Å². The number of pyridine rings is 2. The van der Waals surface area contributed by atoms with Crippen molar-refractivity contribution in [3.63, 3.8) is 0 Å². The molecule has 0 saturated heterocycles. The molecule has 5 nitrogen and oxygen atoms in total. The van der Waals surface area contributed by atoms with E-state index in [0.29, 0.717) is 12.2 Å². The minimum absolute atomic E-state index is 0.0818. The number of nitrogens with zero attached hydrogens (tertiary/aromatic N) is 2. The highest BCUT2D eigenvalue weighted by Crippen LogP contribution is 2.35. The predicted molar refractivity (Wildman–Crippen MR) is 94.4 cm³/mol. The molecule has 3 aromatic rings.